The summed E-state index contributed by atoms with van der Waals surface area (Å²) in [6.45, 7) is 3.32. The highest BCUT2D eigenvalue weighted by Crippen LogP contribution is 2.32. The van der Waals surface area contributed by atoms with Crippen LogP contribution in [0.2, 0.25) is 0 Å². The minimum Gasteiger partial charge on any atom is -0.493 e. The molecule has 1 fully saturated rings. The van der Waals surface area contributed by atoms with E-state index in [1.807, 2.05) is 24.3 Å². The van der Waals surface area contributed by atoms with Gasteiger partial charge in [-0.2, -0.15) is 0 Å². The lowest BCUT2D eigenvalue weighted by Crippen LogP contribution is -2.48. The van der Waals surface area contributed by atoms with Crippen molar-refractivity contribution in [3.63, 3.8) is 0 Å². The summed E-state index contributed by atoms with van der Waals surface area (Å²) in [5, 5.41) is 0.863. The molecule has 0 radical (unpaired) electrons. The number of hydrogen-bond acceptors (Lipinski definition) is 4. The van der Waals surface area contributed by atoms with Gasteiger partial charge >= 0.3 is 0 Å². The highest BCUT2D eigenvalue weighted by molar-refractivity contribution is 5.97. The fraction of sp³-hybridized carbons (Fsp3) is 0.238. The van der Waals surface area contributed by atoms with Gasteiger partial charge in [0, 0.05) is 18.5 Å². The molecule has 0 aliphatic carbocycles. The Morgan fingerprint density at radius 3 is 2.93 bits per heavy atom. The molecule has 136 valence electrons. The third kappa shape index (κ3) is 2.56. The fourth-order valence-electron chi connectivity index (χ4n) is 3.61. The van der Waals surface area contributed by atoms with Crippen LogP contribution in [0.4, 0.5) is 0 Å². The Hall–Kier alpha value is -3.28. The highest BCUT2D eigenvalue weighted by atomic mass is 16.5. The van der Waals surface area contributed by atoms with Crippen LogP contribution in [0, 0.1) is 6.92 Å². The number of ether oxygens (including phenoxy) is 1. The summed E-state index contributed by atoms with van der Waals surface area (Å²) < 4.78 is 11.1. The zero-order valence-electron chi connectivity index (χ0n) is 15.2. The molecular weight excluding hydrogens is 342 g/mol. The lowest BCUT2D eigenvalue weighted by Gasteiger charge is -2.37. The Morgan fingerprint density at radius 1 is 1.26 bits per heavy atom. The average Bonchev–Trinajstić information content (AvgIpc) is 3.23. The third-order valence-corrected chi connectivity index (χ3v) is 5.15. The van der Waals surface area contributed by atoms with Crippen molar-refractivity contribution >= 4 is 27.9 Å². The number of benzene rings is 2. The number of nitrogens with zero attached hydrogens (tertiary/aromatic N) is 2. The molecule has 27 heavy (non-hydrogen) atoms. The fourth-order valence-corrected chi connectivity index (χ4v) is 3.61. The van der Waals surface area contributed by atoms with E-state index < -0.39 is 0 Å². The molecule has 2 aromatic carbocycles. The second-order valence-corrected chi connectivity index (χ2v) is 7.04. The van der Waals surface area contributed by atoms with Gasteiger partial charge in [0.1, 0.15) is 5.82 Å². The van der Waals surface area contributed by atoms with Crippen molar-refractivity contribution in [1.82, 2.24) is 14.9 Å². The number of nitrogens with one attached hydrogen (secondary N) is 1. The van der Waals surface area contributed by atoms with Gasteiger partial charge in [-0.1, -0.05) is 18.2 Å². The minimum atomic E-state index is -0.101. The van der Waals surface area contributed by atoms with Crippen molar-refractivity contribution in [2.75, 3.05) is 20.2 Å². The number of amides is 1. The van der Waals surface area contributed by atoms with Crippen LogP contribution in [0.25, 0.3) is 22.0 Å². The van der Waals surface area contributed by atoms with Crippen LogP contribution >= 0.6 is 0 Å². The number of aromatic amines is 1. The van der Waals surface area contributed by atoms with Crippen LogP contribution in [0.5, 0.6) is 5.75 Å². The van der Waals surface area contributed by atoms with Gasteiger partial charge in [0.25, 0.3) is 5.91 Å². The van der Waals surface area contributed by atoms with Crippen molar-refractivity contribution in [3.05, 3.63) is 59.6 Å². The lowest BCUT2D eigenvalue weighted by molar-refractivity contribution is 0.0565. The van der Waals surface area contributed by atoms with Gasteiger partial charge < -0.3 is 19.0 Å². The normalized spacial score (nSPS) is 14.7. The smallest absolute Gasteiger partial charge is 0.289 e. The van der Waals surface area contributed by atoms with Gasteiger partial charge in [0.05, 0.1) is 24.1 Å². The Balaban J connectivity index is 1.34. The molecule has 4 aromatic rings. The molecule has 1 saturated heterocycles. The third-order valence-electron chi connectivity index (χ3n) is 5.15. The van der Waals surface area contributed by atoms with Gasteiger partial charge in [0.15, 0.2) is 17.1 Å². The molecule has 3 heterocycles. The average molecular weight is 361 g/mol. The van der Waals surface area contributed by atoms with E-state index in [1.165, 1.54) is 5.56 Å². The summed E-state index contributed by atoms with van der Waals surface area (Å²) in [5.74, 6) is 2.03. The maximum Gasteiger partial charge on any atom is 0.289 e. The van der Waals surface area contributed by atoms with Crippen molar-refractivity contribution in [2.24, 2.45) is 0 Å². The first-order valence-electron chi connectivity index (χ1n) is 8.94. The van der Waals surface area contributed by atoms with Crippen LogP contribution in [0.15, 0.2) is 46.9 Å². The number of likely N-dealkylation sites (tertiary alicyclic amines) is 1. The predicted octanol–water partition coefficient (Wildman–Crippen LogP) is 3.87. The van der Waals surface area contributed by atoms with Crippen molar-refractivity contribution in [3.8, 4) is 5.75 Å². The van der Waals surface area contributed by atoms with E-state index in [0.717, 1.165) is 22.2 Å². The molecule has 6 nitrogen and oxygen atoms in total. The standard InChI is InChI=1S/C21H19N3O3/c1-12-6-7-15-16(8-12)23-20(22-15)14-10-24(11-14)21(25)18-9-13-4-3-5-17(26-2)19(13)27-18/h3-9,14H,10-11H2,1-2H3,(H,22,23). The van der Waals surface area contributed by atoms with Gasteiger partial charge in [0.2, 0.25) is 0 Å². The van der Waals surface area contributed by atoms with E-state index in [2.05, 4.69) is 29.0 Å². The number of rotatable bonds is 3. The van der Waals surface area contributed by atoms with Crippen LogP contribution < -0.4 is 4.74 Å². The number of imidazole rings is 1. The Bertz CT molecular complexity index is 1170. The number of furan rings is 1. The van der Waals surface area contributed by atoms with E-state index in [-0.39, 0.29) is 11.8 Å². The molecule has 0 saturated carbocycles. The van der Waals surface area contributed by atoms with E-state index in [1.54, 1.807) is 18.1 Å². The summed E-state index contributed by atoms with van der Waals surface area (Å²) >= 11 is 0. The number of fused-ring (bicyclic) bond motifs is 2. The van der Waals surface area contributed by atoms with Crippen molar-refractivity contribution < 1.29 is 13.9 Å². The first-order valence-corrected chi connectivity index (χ1v) is 8.94. The predicted molar refractivity (Wildman–Crippen MR) is 102 cm³/mol. The molecular formula is C21H19N3O3. The van der Waals surface area contributed by atoms with Crippen molar-refractivity contribution in [1.29, 1.82) is 0 Å². The Morgan fingerprint density at radius 2 is 2.11 bits per heavy atom. The van der Waals surface area contributed by atoms with Crippen LogP contribution in [-0.2, 0) is 0 Å². The number of aromatic nitrogens is 2. The number of hydrogen-bond donors (Lipinski definition) is 1. The molecule has 1 aliphatic heterocycles. The first-order chi connectivity index (χ1) is 13.1. The molecule has 0 bridgehead atoms. The number of carbonyl (C=O) groups excluding carboxylic acids is 1. The molecule has 1 amide bonds. The van der Waals surface area contributed by atoms with E-state index in [4.69, 9.17) is 9.15 Å². The summed E-state index contributed by atoms with van der Waals surface area (Å²) in [5.41, 5.74) is 3.81. The highest BCUT2D eigenvalue weighted by Gasteiger charge is 2.35. The Kier molecular flexibility index (Phi) is 3.47. The molecule has 0 spiro atoms. The Labute approximate surface area is 155 Å². The summed E-state index contributed by atoms with van der Waals surface area (Å²) in [7, 11) is 1.59. The maximum atomic E-state index is 12.8. The molecule has 2 aromatic heterocycles. The van der Waals surface area contributed by atoms with E-state index in [0.29, 0.717) is 30.2 Å². The molecule has 5 rings (SSSR count). The van der Waals surface area contributed by atoms with Gasteiger partial charge in [-0.3, -0.25) is 4.79 Å². The SMILES string of the molecule is COc1cccc2cc(C(=O)N3CC(c4nc5ccc(C)cc5[nH]4)C3)oc12. The number of methoxy groups -OCH3 is 1. The molecule has 0 atom stereocenters. The van der Waals surface area contributed by atoms with E-state index in [9.17, 15) is 4.79 Å². The second-order valence-electron chi connectivity index (χ2n) is 7.04. The zero-order valence-corrected chi connectivity index (χ0v) is 15.2. The molecule has 0 unspecified atom stereocenters. The number of aryl methyl sites for hydroxylation is 1. The number of H-pyrrole nitrogens is 1. The quantitative estimate of drug-likeness (QED) is 0.601. The summed E-state index contributed by atoms with van der Waals surface area (Å²) in [4.78, 5) is 22.6. The maximum absolute atomic E-state index is 12.8. The molecule has 6 heteroatoms. The van der Waals surface area contributed by atoms with Crippen LogP contribution in [0.3, 0.4) is 0 Å². The molecule has 1 aliphatic rings. The first kappa shape index (κ1) is 15.9. The zero-order chi connectivity index (χ0) is 18.5. The van der Waals surface area contributed by atoms with Crippen molar-refractivity contribution in [2.45, 2.75) is 12.8 Å². The number of carbonyl (C=O) groups is 1. The lowest BCUT2D eigenvalue weighted by atomic mass is 9.99. The van der Waals surface area contributed by atoms with Crippen LogP contribution in [0.1, 0.15) is 27.9 Å². The van der Waals surface area contributed by atoms with E-state index >= 15 is 0 Å². The van der Waals surface area contributed by atoms with Gasteiger partial charge in [-0.05, 0) is 36.8 Å². The summed E-state index contributed by atoms with van der Waals surface area (Å²) in [6, 6.07) is 13.6. The monoisotopic (exact) mass is 361 g/mol. The van der Waals surface area contributed by atoms with Gasteiger partial charge in [-0.15, -0.1) is 0 Å². The summed E-state index contributed by atoms with van der Waals surface area (Å²) in [6.07, 6.45) is 0. The van der Waals surface area contributed by atoms with Crippen LogP contribution in [-0.4, -0.2) is 41.0 Å². The minimum absolute atomic E-state index is 0.101. The topological polar surface area (TPSA) is 71.4 Å². The largest absolute Gasteiger partial charge is 0.493 e. The van der Waals surface area contributed by atoms with Gasteiger partial charge in [-0.25, -0.2) is 4.98 Å². The molecule has 1 N–H and O–H groups in total. The number of para-hydroxylation sites is 1. The second kappa shape index (κ2) is 5.87.